The van der Waals surface area contributed by atoms with Gasteiger partial charge in [-0.3, -0.25) is 4.90 Å². The Balaban J connectivity index is 2.07. The summed E-state index contributed by atoms with van der Waals surface area (Å²) in [6.07, 6.45) is 4.14. The van der Waals surface area contributed by atoms with Gasteiger partial charge in [-0.2, -0.15) is 0 Å². The van der Waals surface area contributed by atoms with Crippen LogP contribution in [0.3, 0.4) is 0 Å². The molecule has 0 amide bonds. The van der Waals surface area contributed by atoms with Crippen molar-refractivity contribution in [2.24, 2.45) is 0 Å². The highest BCUT2D eigenvalue weighted by Gasteiger charge is 2.22. The Kier molecular flexibility index (Phi) is 5.25. The van der Waals surface area contributed by atoms with Crippen molar-refractivity contribution in [1.29, 1.82) is 0 Å². The number of pyridine rings is 1. The second-order valence-corrected chi connectivity index (χ2v) is 5.51. The maximum absolute atomic E-state index is 6.21. The van der Waals surface area contributed by atoms with Gasteiger partial charge >= 0.3 is 0 Å². The van der Waals surface area contributed by atoms with Crippen molar-refractivity contribution < 1.29 is 0 Å². The number of hydrogen-bond acceptors (Lipinski definition) is 3. The zero-order chi connectivity index (χ0) is 13.0. The second kappa shape index (κ2) is 6.71. The molecule has 2 rings (SSSR count). The molecule has 1 atom stereocenters. The summed E-state index contributed by atoms with van der Waals surface area (Å²) < 4.78 is 0. The van der Waals surface area contributed by atoms with E-state index in [0.717, 1.165) is 38.2 Å². The van der Waals surface area contributed by atoms with Crippen molar-refractivity contribution in [3.63, 3.8) is 0 Å². The van der Waals surface area contributed by atoms with Crippen molar-refractivity contribution in [1.82, 2.24) is 15.2 Å². The topological polar surface area (TPSA) is 28.2 Å². The Morgan fingerprint density at radius 3 is 2.94 bits per heavy atom. The van der Waals surface area contributed by atoms with Crippen LogP contribution in [0.2, 0.25) is 10.2 Å². The number of nitrogens with one attached hydrogen (secondary N) is 1. The fourth-order valence-corrected chi connectivity index (χ4v) is 2.83. The van der Waals surface area contributed by atoms with Gasteiger partial charge in [-0.05, 0) is 32.0 Å². The van der Waals surface area contributed by atoms with Crippen LogP contribution in [0.15, 0.2) is 12.3 Å². The first-order valence-electron chi connectivity index (χ1n) is 6.45. The van der Waals surface area contributed by atoms with E-state index in [0.29, 0.717) is 16.2 Å². The van der Waals surface area contributed by atoms with Crippen LogP contribution in [0.25, 0.3) is 0 Å². The van der Waals surface area contributed by atoms with Crippen LogP contribution in [0.1, 0.15) is 25.3 Å². The van der Waals surface area contributed by atoms with Gasteiger partial charge in [-0.1, -0.05) is 30.1 Å². The van der Waals surface area contributed by atoms with Gasteiger partial charge in [0.25, 0.3) is 0 Å². The van der Waals surface area contributed by atoms with E-state index in [1.165, 1.54) is 6.42 Å². The number of rotatable bonds is 5. The van der Waals surface area contributed by atoms with Gasteiger partial charge in [-0.15, -0.1) is 0 Å². The first-order chi connectivity index (χ1) is 8.70. The number of aromatic nitrogens is 1. The molecule has 0 saturated carbocycles. The van der Waals surface area contributed by atoms with E-state index in [-0.39, 0.29) is 0 Å². The number of halogens is 2. The van der Waals surface area contributed by atoms with E-state index in [1.54, 1.807) is 12.3 Å². The Hall–Kier alpha value is -0.350. The minimum Gasteiger partial charge on any atom is -0.315 e. The molecule has 0 aromatic carbocycles. The summed E-state index contributed by atoms with van der Waals surface area (Å²) in [5, 5.41) is 4.57. The maximum Gasteiger partial charge on any atom is 0.130 e. The molecule has 100 valence electrons. The summed E-state index contributed by atoms with van der Waals surface area (Å²) in [5.74, 6) is 0. The summed E-state index contributed by atoms with van der Waals surface area (Å²) in [7, 11) is 0. The lowest BCUT2D eigenvalue weighted by Gasteiger charge is -2.28. The lowest BCUT2D eigenvalue weighted by Crippen LogP contribution is -2.37. The van der Waals surface area contributed by atoms with Crippen LogP contribution >= 0.6 is 23.2 Å². The predicted molar refractivity (Wildman–Crippen MR) is 76.2 cm³/mol. The molecule has 18 heavy (non-hydrogen) atoms. The Bertz CT molecular complexity index is 392. The molecule has 5 heteroatoms. The molecule has 1 N–H and O–H groups in total. The van der Waals surface area contributed by atoms with E-state index in [1.807, 2.05) is 0 Å². The van der Waals surface area contributed by atoms with E-state index in [9.17, 15) is 0 Å². The molecular weight excluding hydrogens is 269 g/mol. The lowest BCUT2D eigenvalue weighted by molar-refractivity contribution is 0.199. The van der Waals surface area contributed by atoms with E-state index in [2.05, 4.69) is 22.1 Å². The summed E-state index contributed by atoms with van der Waals surface area (Å²) in [4.78, 5) is 6.60. The lowest BCUT2D eigenvalue weighted by atomic mass is 10.1. The van der Waals surface area contributed by atoms with E-state index < -0.39 is 0 Å². The number of nitrogens with zero attached hydrogens (tertiary/aromatic N) is 2. The highest BCUT2D eigenvalue weighted by molar-refractivity contribution is 6.34. The monoisotopic (exact) mass is 287 g/mol. The largest absolute Gasteiger partial charge is 0.315 e. The van der Waals surface area contributed by atoms with E-state index >= 15 is 0 Å². The average Bonchev–Trinajstić information content (AvgIpc) is 2.85. The third kappa shape index (κ3) is 3.58. The molecule has 1 aromatic rings. The van der Waals surface area contributed by atoms with Gasteiger partial charge in [0.05, 0.1) is 0 Å². The van der Waals surface area contributed by atoms with Gasteiger partial charge in [0.2, 0.25) is 0 Å². The Labute approximate surface area is 118 Å². The Morgan fingerprint density at radius 2 is 2.33 bits per heavy atom. The van der Waals surface area contributed by atoms with Gasteiger partial charge in [-0.25, -0.2) is 4.98 Å². The minimum atomic E-state index is 0.452. The Morgan fingerprint density at radius 1 is 1.50 bits per heavy atom. The standard InChI is InChI=1S/C13H19Cl2N3/c1-2-5-18(11-3-4-16-8-11)9-10-7-17-13(15)6-12(10)14/h6-7,11,16H,2-5,8-9H2,1H3. The zero-order valence-corrected chi connectivity index (χ0v) is 12.1. The molecular formula is C13H19Cl2N3. The molecule has 2 heterocycles. The molecule has 0 radical (unpaired) electrons. The van der Waals surface area contributed by atoms with Crippen LogP contribution in [-0.2, 0) is 6.54 Å². The van der Waals surface area contributed by atoms with E-state index in [4.69, 9.17) is 23.2 Å². The average molecular weight is 288 g/mol. The summed E-state index contributed by atoms with van der Waals surface area (Å²) in [5.41, 5.74) is 1.06. The molecule has 1 aliphatic rings. The quantitative estimate of drug-likeness (QED) is 0.844. The van der Waals surface area contributed by atoms with Gasteiger partial charge < -0.3 is 5.32 Å². The smallest absolute Gasteiger partial charge is 0.130 e. The van der Waals surface area contributed by atoms with Gasteiger partial charge in [0, 0.05) is 35.9 Å². The molecule has 1 saturated heterocycles. The van der Waals surface area contributed by atoms with Crippen molar-refractivity contribution in [3.05, 3.63) is 28.0 Å². The van der Waals surface area contributed by atoms with Crippen LogP contribution in [0, 0.1) is 0 Å². The zero-order valence-electron chi connectivity index (χ0n) is 10.6. The molecule has 1 unspecified atom stereocenters. The molecule has 1 aliphatic heterocycles. The molecule has 0 bridgehead atoms. The first kappa shape index (κ1) is 14.1. The van der Waals surface area contributed by atoms with Crippen molar-refractivity contribution >= 4 is 23.2 Å². The van der Waals surface area contributed by atoms with Gasteiger partial charge in [0.15, 0.2) is 0 Å². The highest BCUT2D eigenvalue weighted by Crippen LogP contribution is 2.22. The van der Waals surface area contributed by atoms with Crippen molar-refractivity contribution in [2.45, 2.75) is 32.4 Å². The summed E-state index contributed by atoms with van der Waals surface area (Å²) in [6, 6.07) is 2.33. The summed E-state index contributed by atoms with van der Waals surface area (Å²) >= 11 is 12.0. The molecule has 1 aromatic heterocycles. The second-order valence-electron chi connectivity index (χ2n) is 4.72. The molecule has 0 spiro atoms. The SMILES string of the molecule is CCCN(Cc1cnc(Cl)cc1Cl)C1CCNC1. The predicted octanol–water partition coefficient (Wildman–Crippen LogP) is 2.96. The first-order valence-corrected chi connectivity index (χ1v) is 7.21. The van der Waals surface area contributed by atoms with Crippen LogP contribution in [-0.4, -0.2) is 35.6 Å². The fourth-order valence-electron chi connectivity index (χ4n) is 2.40. The van der Waals surface area contributed by atoms with Crippen LogP contribution in [0.5, 0.6) is 0 Å². The van der Waals surface area contributed by atoms with Crippen molar-refractivity contribution in [2.75, 3.05) is 19.6 Å². The van der Waals surface area contributed by atoms with Crippen LogP contribution < -0.4 is 5.32 Å². The number of hydrogen-bond donors (Lipinski definition) is 1. The summed E-state index contributed by atoms with van der Waals surface area (Å²) in [6.45, 7) is 6.32. The fraction of sp³-hybridized carbons (Fsp3) is 0.615. The normalized spacial score (nSPS) is 19.7. The highest BCUT2D eigenvalue weighted by atomic mass is 35.5. The molecule has 3 nitrogen and oxygen atoms in total. The molecule has 0 aliphatic carbocycles. The van der Waals surface area contributed by atoms with Crippen LogP contribution in [0.4, 0.5) is 0 Å². The molecule has 1 fully saturated rings. The van der Waals surface area contributed by atoms with Crippen molar-refractivity contribution in [3.8, 4) is 0 Å². The third-order valence-corrected chi connectivity index (χ3v) is 3.89. The minimum absolute atomic E-state index is 0.452. The van der Waals surface area contributed by atoms with Gasteiger partial charge in [0.1, 0.15) is 5.15 Å². The maximum atomic E-state index is 6.21. The third-order valence-electron chi connectivity index (χ3n) is 3.33.